The van der Waals surface area contributed by atoms with Gasteiger partial charge in [0.05, 0.1) is 42.1 Å². The van der Waals surface area contributed by atoms with E-state index in [1.54, 1.807) is 18.2 Å². The number of aliphatic hydroxyl groups is 2. The number of aliphatic carboxylic acids is 2. The summed E-state index contributed by atoms with van der Waals surface area (Å²) in [6, 6.07) is 8.75. The van der Waals surface area contributed by atoms with Crippen molar-refractivity contribution in [2.24, 2.45) is 0 Å². The predicted molar refractivity (Wildman–Crippen MR) is 178 cm³/mol. The van der Waals surface area contributed by atoms with Crippen molar-refractivity contribution in [3.8, 4) is 0 Å². The van der Waals surface area contributed by atoms with E-state index < -0.39 is 35.8 Å². The van der Waals surface area contributed by atoms with Crippen molar-refractivity contribution in [2.45, 2.75) is 76.8 Å². The van der Waals surface area contributed by atoms with Crippen LogP contribution >= 0.6 is 15.9 Å². The lowest BCUT2D eigenvalue weighted by atomic mass is 9.75. The molecule has 0 aromatic heterocycles. The van der Waals surface area contributed by atoms with Gasteiger partial charge in [0.25, 0.3) is 0 Å². The number of carboxylic acids is 2. The molecule has 14 heteroatoms. The summed E-state index contributed by atoms with van der Waals surface area (Å²) in [5, 5.41) is 35.3. The summed E-state index contributed by atoms with van der Waals surface area (Å²) in [5.74, 6) is -3.49. The lowest BCUT2D eigenvalue weighted by molar-refractivity contribution is -0.147. The molecule has 3 aliphatic rings. The van der Waals surface area contributed by atoms with Crippen molar-refractivity contribution in [3.05, 3.63) is 86.8 Å². The molecule has 10 nitrogen and oxygen atoms in total. The van der Waals surface area contributed by atoms with Crippen molar-refractivity contribution in [2.75, 3.05) is 26.4 Å². The molecular formula is C34H42BBrF2O10. The van der Waals surface area contributed by atoms with Crippen molar-refractivity contribution >= 4 is 40.6 Å². The first-order valence-corrected chi connectivity index (χ1v) is 16.2. The summed E-state index contributed by atoms with van der Waals surface area (Å²) in [6.45, 7) is 10.8. The minimum atomic E-state index is -1.51. The summed E-state index contributed by atoms with van der Waals surface area (Å²) in [5.41, 5.74) is 3.06. The highest BCUT2D eigenvalue weighted by Crippen LogP contribution is 2.39. The molecule has 1 fully saturated rings. The Morgan fingerprint density at radius 3 is 1.75 bits per heavy atom. The number of carbonyl (C=O) groups is 2. The third kappa shape index (κ3) is 11.3. The minimum absolute atomic E-state index is 0.0977. The van der Waals surface area contributed by atoms with Crippen molar-refractivity contribution in [1.29, 1.82) is 0 Å². The van der Waals surface area contributed by atoms with Crippen LogP contribution in [0, 0.1) is 11.6 Å². The van der Waals surface area contributed by atoms with E-state index in [2.05, 4.69) is 49.7 Å². The Bertz CT molecular complexity index is 1480. The van der Waals surface area contributed by atoms with Gasteiger partial charge in [0.1, 0.15) is 11.6 Å². The first kappa shape index (κ1) is 39.5. The van der Waals surface area contributed by atoms with E-state index in [0.717, 1.165) is 18.6 Å². The Morgan fingerprint density at radius 1 is 0.812 bits per heavy atom. The number of rotatable bonds is 8. The highest BCUT2D eigenvalue weighted by molar-refractivity contribution is 9.10. The molecular weight excluding hydrogens is 697 g/mol. The van der Waals surface area contributed by atoms with Crippen LogP contribution in [0.1, 0.15) is 57.2 Å². The van der Waals surface area contributed by atoms with E-state index in [4.69, 9.17) is 34.1 Å². The molecule has 3 aliphatic heterocycles. The largest absolute Gasteiger partial charge is 0.490 e. The Balaban J connectivity index is 0.000000198. The zero-order chi connectivity index (χ0) is 35.6. The second-order valence-electron chi connectivity index (χ2n) is 12.4. The van der Waals surface area contributed by atoms with Crippen LogP contribution in [0.15, 0.2) is 58.5 Å². The van der Waals surface area contributed by atoms with Gasteiger partial charge in [-0.25, -0.2) is 18.4 Å². The van der Waals surface area contributed by atoms with Gasteiger partial charge in [0.2, 0.25) is 0 Å². The molecule has 3 heterocycles. The third-order valence-electron chi connectivity index (χ3n) is 8.31. The molecule has 2 aromatic carbocycles. The zero-order valence-electron chi connectivity index (χ0n) is 27.4. The standard InChI is InChI=1S/C14H15FO4.C11H19BO3.C9H8BrFO3/c15-12-7-9(8-13(16)14(17)18)1-2-11(12)10-3-5-19-6-4-10;1-10(2)11(3,4)15-12(14-10)9-5-7-13-8-6-9;10-6-2-1-5(3-7(6)11)4-8(12)9(13)14/h1-3,7,13,16H,4-6,8H2,(H,17,18);5H,6-8H2,1-4H3;1-3,8,12H,4H2,(H,13,14)/t13-;;8-/m0.0/s1. The van der Waals surface area contributed by atoms with E-state index in [1.165, 1.54) is 23.7 Å². The van der Waals surface area contributed by atoms with Gasteiger partial charge >= 0.3 is 19.1 Å². The fraction of sp³-hybridized carbons (Fsp3) is 0.471. The van der Waals surface area contributed by atoms with Gasteiger partial charge in [0, 0.05) is 18.4 Å². The van der Waals surface area contributed by atoms with Gasteiger partial charge in [-0.15, -0.1) is 0 Å². The van der Waals surface area contributed by atoms with Gasteiger partial charge in [-0.1, -0.05) is 30.4 Å². The lowest BCUT2D eigenvalue weighted by Gasteiger charge is -2.32. The molecule has 1 saturated heterocycles. The second kappa shape index (κ2) is 17.6. The predicted octanol–water partition coefficient (Wildman–Crippen LogP) is 5.16. The Kier molecular flexibility index (Phi) is 14.5. The monoisotopic (exact) mass is 738 g/mol. The molecule has 0 unspecified atom stereocenters. The van der Waals surface area contributed by atoms with Crippen LogP contribution in [0.3, 0.4) is 0 Å². The van der Waals surface area contributed by atoms with E-state index in [-0.39, 0.29) is 31.2 Å². The molecule has 0 amide bonds. The molecule has 0 spiro atoms. The van der Waals surface area contributed by atoms with Crippen LogP contribution in [0.2, 0.25) is 0 Å². The van der Waals surface area contributed by atoms with Gasteiger partial charge in [-0.05, 0) is 96.8 Å². The van der Waals surface area contributed by atoms with E-state index >= 15 is 0 Å². The first-order chi connectivity index (χ1) is 22.5. The maximum absolute atomic E-state index is 14.0. The highest BCUT2D eigenvalue weighted by atomic mass is 79.9. The van der Waals surface area contributed by atoms with Gasteiger partial charge in [0.15, 0.2) is 12.2 Å². The molecule has 48 heavy (non-hydrogen) atoms. The molecule has 0 saturated carbocycles. The Hall–Kier alpha value is -2.98. The highest BCUT2D eigenvalue weighted by Gasteiger charge is 2.52. The maximum Gasteiger partial charge on any atom is 0.490 e. The first-order valence-electron chi connectivity index (χ1n) is 15.4. The molecule has 0 bridgehead atoms. The molecule has 4 N–H and O–H groups in total. The van der Waals surface area contributed by atoms with Gasteiger partial charge in [-0.2, -0.15) is 0 Å². The number of hydrogen-bond acceptors (Lipinski definition) is 8. The number of halogens is 3. The van der Waals surface area contributed by atoms with Gasteiger partial charge in [-0.3, -0.25) is 0 Å². The molecule has 262 valence electrons. The van der Waals surface area contributed by atoms with Crippen LogP contribution in [0.25, 0.3) is 5.57 Å². The van der Waals surface area contributed by atoms with Crippen LogP contribution in [0.4, 0.5) is 8.78 Å². The van der Waals surface area contributed by atoms with Crippen molar-refractivity contribution in [1.82, 2.24) is 0 Å². The SMILES string of the molecule is CC1(C)OB(C2=CCOCC2)OC1(C)C.O=C(O)[C@@H](O)Cc1ccc(Br)c(F)c1.O=C(O)[C@@H](O)Cc1ccc(C2=CCOCC2)c(F)c1. The average molecular weight is 739 g/mol. The van der Waals surface area contributed by atoms with Crippen molar-refractivity contribution in [3.63, 3.8) is 0 Å². The number of carboxylic acid groups (broad SMARTS) is 2. The summed E-state index contributed by atoms with van der Waals surface area (Å²) in [6.07, 6.45) is 2.29. The Labute approximate surface area is 287 Å². The minimum Gasteiger partial charge on any atom is -0.479 e. The van der Waals surface area contributed by atoms with E-state index in [1.807, 2.05) is 6.08 Å². The zero-order valence-corrected chi connectivity index (χ0v) is 29.0. The van der Waals surface area contributed by atoms with Crippen LogP contribution in [-0.2, 0) is 41.2 Å². The normalized spacial score (nSPS) is 19.4. The molecule has 0 aliphatic carbocycles. The van der Waals surface area contributed by atoms with Crippen LogP contribution in [0.5, 0.6) is 0 Å². The number of aliphatic hydroxyl groups excluding tert-OH is 2. The summed E-state index contributed by atoms with van der Waals surface area (Å²) in [4.78, 5) is 20.8. The third-order valence-corrected chi connectivity index (χ3v) is 8.95. The molecule has 2 atom stereocenters. The molecule has 2 aromatic rings. The smallest absolute Gasteiger partial charge is 0.479 e. The Morgan fingerprint density at radius 2 is 1.31 bits per heavy atom. The second-order valence-corrected chi connectivity index (χ2v) is 13.3. The van der Waals surface area contributed by atoms with E-state index in [0.29, 0.717) is 47.4 Å². The molecule has 5 rings (SSSR count). The average Bonchev–Trinajstić information content (AvgIpc) is 3.26. The summed E-state index contributed by atoms with van der Waals surface area (Å²) in [7, 11) is -0.182. The quantitative estimate of drug-likeness (QED) is 0.268. The summed E-state index contributed by atoms with van der Waals surface area (Å²) >= 11 is 2.97. The topological polar surface area (TPSA) is 152 Å². The number of ether oxygens (including phenoxy) is 2. The number of hydrogen-bond donors (Lipinski definition) is 4. The van der Waals surface area contributed by atoms with Gasteiger partial charge < -0.3 is 39.2 Å². The maximum atomic E-state index is 14.0. The molecule has 0 radical (unpaired) electrons. The fourth-order valence-electron chi connectivity index (χ4n) is 4.76. The number of benzene rings is 2. The van der Waals surface area contributed by atoms with Crippen molar-refractivity contribution < 1.29 is 57.6 Å². The van der Waals surface area contributed by atoms with Crippen LogP contribution < -0.4 is 0 Å². The lowest BCUT2D eigenvalue weighted by Crippen LogP contribution is -2.41. The van der Waals surface area contributed by atoms with Crippen LogP contribution in [-0.4, -0.2) is 89.3 Å². The summed E-state index contributed by atoms with van der Waals surface area (Å²) < 4.78 is 49.6. The fourth-order valence-corrected chi connectivity index (χ4v) is 5.00. The van der Waals surface area contributed by atoms with E-state index in [9.17, 15) is 23.5 Å².